The van der Waals surface area contributed by atoms with Crippen LogP contribution in [-0.2, 0) is 23.3 Å². The maximum absolute atomic E-state index is 6.58. The quantitative estimate of drug-likeness (QED) is 0.161. The van der Waals surface area contributed by atoms with Crippen LogP contribution >= 0.6 is 22.7 Å². The van der Waals surface area contributed by atoms with E-state index >= 15 is 0 Å². The van der Waals surface area contributed by atoms with E-state index < -0.39 is 25.6 Å². The summed E-state index contributed by atoms with van der Waals surface area (Å²) in [6.45, 7) is 20.4. The molecular formula is C63H60B2N2O5S2. The molecule has 8 aromatic carbocycles. The zero-order valence-corrected chi connectivity index (χ0v) is 45.4. The monoisotopic (exact) mass is 1010 g/mol. The SMILES string of the molecule is CC(C)OB1OC(C)(C)C(C)(C)O1.CC1(C)OB(c2cc(-n3c4ccccc4c4ccccc43)cc3c2sc2ccccc23)OC1(C)C.c1ccc2c(c1)sc1ccc(-n3c4ccccc4c4ccccc43)cc12. The van der Waals surface area contributed by atoms with Crippen LogP contribution in [0.5, 0.6) is 0 Å². The number of benzene rings is 8. The van der Waals surface area contributed by atoms with Crippen molar-refractivity contribution in [2.24, 2.45) is 0 Å². The fraction of sp³-hybridized carbons (Fsp3) is 0.238. The van der Waals surface area contributed by atoms with Gasteiger partial charge in [-0.1, -0.05) is 109 Å². The van der Waals surface area contributed by atoms with Crippen LogP contribution in [0.4, 0.5) is 0 Å². The molecule has 4 aromatic heterocycles. The van der Waals surface area contributed by atoms with E-state index in [0.29, 0.717) is 0 Å². The highest BCUT2D eigenvalue weighted by Gasteiger charge is 2.54. The summed E-state index contributed by atoms with van der Waals surface area (Å²) in [6.07, 6.45) is 0.120. The first-order valence-electron chi connectivity index (χ1n) is 25.7. The second-order valence-electron chi connectivity index (χ2n) is 21.8. The van der Waals surface area contributed by atoms with Crippen molar-refractivity contribution in [2.75, 3.05) is 0 Å². The molecule has 2 fully saturated rings. The molecule has 0 atom stereocenters. The smallest absolute Gasteiger partial charge is 0.399 e. The molecule has 2 aliphatic heterocycles. The number of nitrogens with zero attached hydrogens (tertiary/aromatic N) is 2. The van der Waals surface area contributed by atoms with Crippen molar-refractivity contribution < 1.29 is 23.3 Å². The molecule has 0 saturated carbocycles. The highest BCUT2D eigenvalue weighted by atomic mass is 32.1. The van der Waals surface area contributed by atoms with Gasteiger partial charge in [-0.05, 0) is 136 Å². The van der Waals surface area contributed by atoms with Crippen LogP contribution in [0, 0.1) is 0 Å². The van der Waals surface area contributed by atoms with Crippen LogP contribution in [-0.4, -0.2) is 52.1 Å². The largest absolute Gasteiger partial charge is 0.640 e. The Kier molecular flexibility index (Phi) is 12.0. The highest BCUT2D eigenvalue weighted by molar-refractivity contribution is 7.27. The van der Waals surface area contributed by atoms with Gasteiger partial charge >= 0.3 is 14.4 Å². The van der Waals surface area contributed by atoms with Crippen molar-refractivity contribution in [3.8, 4) is 11.4 Å². The zero-order valence-electron chi connectivity index (χ0n) is 43.7. The number of hydrogen-bond acceptors (Lipinski definition) is 7. The van der Waals surface area contributed by atoms with Gasteiger partial charge in [0, 0.05) is 84.8 Å². The minimum absolute atomic E-state index is 0.120. The molecule has 0 aliphatic carbocycles. The van der Waals surface area contributed by atoms with Crippen molar-refractivity contribution in [1.82, 2.24) is 9.13 Å². The van der Waals surface area contributed by atoms with E-state index in [1.54, 1.807) is 0 Å². The molecule has 2 aliphatic rings. The molecule has 0 spiro atoms. The van der Waals surface area contributed by atoms with Gasteiger partial charge in [-0.3, -0.25) is 0 Å². The molecule has 2 saturated heterocycles. The van der Waals surface area contributed by atoms with Gasteiger partial charge in [-0.2, -0.15) is 0 Å². The minimum Gasteiger partial charge on any atom is -0.399 e. The van der Waals surface area contributed by atoms with Crippen LogP contribution in [0.25, 0.3) is 95.3 Å². The second kappa shape index (κ2) is 18.2. The summed E-state index contributed by atoms with van der Waals surface area (Å²) in [5, 5.41) is 10.3. The summed E-state index contributed by atoms with van der Waals surface area (Å²) in [7, 11) is -0.950. The maximum atomic E-state index is 6.58. The third-order valence-corrected chi connectivity index (χ3v) is 18.0. The molecule has 0 unspecified atom stereocenters. The van der Waals surface area contributed by atoms with E-state index in [0.717, 1.165) is 11.2 Å². The van der Waals surface area contributed by atoms with Gasteiger partial charge in [-0.25, -0.2) is 0 Å². The van der Waals surface area contributed by atoms with Crippen molar-refractivity contribution in [3.63, 3.8) is 0 Å². The Bertz CT molecular complexity index is 3970. The molecule has 370 valence electrons. The van der Waals surface area contributed by atoms with Gasteiger partial charge in [0.05, 0.1) is 44.5 Å². The lowest BCUT2D eigenvalue weighted by Crippen LogP contribution is -2.41. The van der Waals surface area contributed by atoms with Crippen LogP contribution in [0.3, 0.4) is 0 Å². The maximum Gasteiger partial charge on any atom is 0.640 e. The number of rotatable bonds is 5. The van der Waals surface area contributed by atoms with E-state index in [4.69, 9.17) is 23.3 Å². The van der Waals surface area contributed by atoms with Crippen LogP contribution in [0.1, 0.15) is 69.2 Å². The van der Waals surface area contributed by atoms with Gasteiger partial charge in [0.2, 0.25) is 0 Å². The van der Waals surface area contributed by atoms with Gasteiger partial charge in [0.15, 0.2) is 0 Å². The van der Waals surface area contributed by atoms with Gasteiger partial charge in [-0.15, -0.1) is 22.7 Å². The van der Waals surface area contributed by atoms with Crippen LogP contribution < -0.4 is 5.46 Å². The fourth-order valence-electron chi connectivity index (χ4n) is 10.4. The van der Waals surface area contributed by atoms with E-state index in [1.807, 2.05) is 64.2 Å². The lowest BCUT2D eigenvalue weighted by molar-refractivity contribution is 0.00578. The molecule has 14 rings (SSSR count). The predicted octanol–water partition coefficient (Wildman–Crippen LogP) is 16.6. The fourth-order valence-corrected chi connectivity index (χ4v) is 12.7. The molecule has 6 heterocycles. The Hall–Kier alpha value is -6.27. The number of fused-ring (bicyclic) bond motifs is 12. The summed E-state index contributed by atoms with van der Waals surface area (Å²) in [5.41, 5.74) is 6.97. The summed E-state index contributed by atoms with van der Waals surface area (Å²) >= 11 is 3.68. The summed E-state index contributed by atoms with van der Waals surface area (Å²) < 4.78 is 39.8. The van der Waals surface area contributed by atoms with E-state index in [9.17, 15) is 0 Å². The third kappa shape index (κ3) is 8.25. The summed E-state index contributed by atoms with van der Waals surface area (Å²) in [4.78, 5) is 0. The molecule has 11 heteroatoms. The Morgan fingerprint density at radius 2 is 0.770 bits per heavy atom. The summed E-state index contributed by atoms with van der Waals surface area (Å²) in [6, 6.07) is 63.4. The van der Waals surface area contributed by atoms with E-state index in [2.05, 4.69) is 213 Å². The number of aromatic nitrogens is 2. The van der Waals surface area contributed by atoms with Gasteiger partial charge < -0.3 is 32.4 Å². The average Bonchev–Trinajstić information content (AvgIpc) is 4.20. The molecule has 74 heavy (non-hydrogen) atoms. The van der Waals surface area contributed by atoms with Crippen molar-refractivity contribution in [2.45, 2.75) is 97.7 Å². The molecule has 0 amide bonds. The minimum atomic E-state index is -0.523. The molecule has 0 bridgehead atoms. The third-order valence-electron chi connectivity index (χ3n) is 15.7. The Labute approximate surface area is 441 Å². The van der Waals surface area contributed by atoms with Crippen molar-refractivity contribution >= 4 is 127 Å². The van der Waals surface area contributed by atoms with Gasteiger partial charge in [0.25, 0.3) is 0 Å². The lowest BCUT2D eigenvalue weighted by Gasteiger charge is -2.32. The van der Waals surface area contributed by atoms with E-state index in [1.165, 1.54) is 89.6 Å². The van der Waals surface area contributed by atoms with Crippen LogP contribution in [0.2, 0.25) is 0 Å². The normalized spacial score (nSPS) is 16.9. The molecule has 0 N–H and O–H groups in total. The Balaban J connectivity index is 0.000000125. The Morgan fingerprint density at radius 1 is 0.392 bits per heavy atom. The molecule has 0 radical (unpaired) electrons. The molecular weight excluding hydrogens is 950 g/mol. The first-order chi connectivity index (χ1) is 35.5. The summed E-state index contributed by atoms with van der Waals surface area (Å²) in [5.74, 6) is 0. The standard InChI is InChI=1S/C30H26BNO2S.C24H15NS.C9H19BO3/c1-29(2)30(3,4)34-31(33-29)24-18-19(17-23-22-13-7-10-16-27(22)35-28(23)24)32-25-14-8-5-11-20(25)21-12-6-9-15-26(21)32;1-4-10-21-17(7-1)18-8-2-5-11-22(18)25(21)16-13-14-24-20(15-16)19-9-3-6-12-23(19)26-24;1-7(2)11-10-12-8(3,4)9(5,6)13-10/h5-18H,1-4H3;1-15H;7H,1-6H3. The number of hydrogen-bond donors (Lipinski definition) is 0. The topological polar surface area (TPSA) is 56.0 Å². The lowest BCUT2D eigenvalue weighted by atomic mass is 9.78. The van der Waals surface area contributed by atoms with Crippen molar-refractivity contribution in [3.05, 3.63) is 176 Å². The highest BCUT2D eigenvalue weighted by Crippen LogP contribution is 2.43. The zero-order chi connectivity index (χ0) is 51.3. The van der Waals surface area contributed by atoms with Crippen molar-refractivity contribution in [1.29, 1.82) is 0 Å². The molecule has 12 aromatic rings. The first-order valence-corrected chi connectivity index (χ1v) is 27.3. The average molecular weight is 1010 g/mol. The Morgan fingerprint density at radius 3 is 1.26 bits per heavy atom. The number of thiophene rings is 2. The van der Waals surface area contributed by atoms with E-state index in [-0.39, 0.29) is 17.3 Å². The molecule has 7 nitrogen and oxygen atoms in total. The number of para-hydroxylation sites is 4. The van der Waals surface area contributed by atoms with Crippen LogP contribution in [0.15, 0.2) is 176 Å². The van der Waals surface area contributed by atoms with Gasteiger partial charge in [0.1, 0.15) is 0 Å². The predicted molar refractivity (Wildman–Crippen MR) is 315 cm³/mol. The first kappa shape index (κ1) is 48.7. The second-order valence-corrected chi connectivity index (χ2v) is 24.0.